The van der Waals surface area contributed by atoms with Crippen LogP contribution >= 0.6 is 0 Å². The molecule has 0 radical (unpaired) electrons. The molecule has 0 bridgehead atoms. The second-order valence-electron chi connectivity index (χ2n) is 10.8. The van der Waals surface area contributed by atoms with Gasteiger partial charge in [0.05, 0.1) is 6.61 Å². The molecule has 1 unspecified atom stereocenters. The van der Waals surface area contributed by atoms with Crippen LogP contribution in [0.3, 0.4) is 0 Å². The quantitative estimate of drug-likeness (QED) is 0.166. The average molecular weight is 532 g/mol. The fraction of sp³-hybridized carbons (Fsp3) is 0.250. The number of benzene rings is 4. The molecule has 4 aromatic carbocycles. The molecule has 0 heterocycles. The molecule has 0 spiro atoms. The molecule has 0 saturated heterocycles. The maximum Gasteiger partial charge on any atom is 0.333 e. The third kappa shape index (κ3) is 5.20. The van der Waals surface area contributed by atoms with Crippen molar-refractivity contribution in [2.45, 2.75) is 45.4 Å². The number of hydrogen-bond donors (Lipinski definition) is 1. The van der Waals surface area contributed by atoms with Crippen LogP contribution in [0.25, 0.3) is 11.1 Å². The van der Waals surface area contributed by atoms with Gasteiger partial charge in [0, 0.05) is 41.1 Å². The molecule has 0 aromatic heterocycles. The molecule has 0 fully saturated rings. The summed E-state index contributed by atoms with van der Waals surface area (Å²) in [5.74, 6) is -0.356. The van der Waals surface area contributed by atoms with E-state index in [1.54, 1.807) is 6.92 Å². The van der Waals surface area contributed by atoms with Crippen LogP contribution in [0.2, 0.25) is 0 Å². The van der Waals surface area contributed by atoms with Crippen molar-refractivity contribution in [3.05, 3.63) is 125 Å². The van der Waals surface area contributed by atoms with Gasteiger partial charge in [-0.25, -0.2) is 4.79 Å². The number of aliphatic hydroxyl groups is 1. The summed E-state index contributed by atoms with van der Waals surface area (Å²) in [6.07, 6.45) is 2.29. The third-order valence-electron chi connectivity index (χ3n) is 8.14. The Bertz CT molecular complexity index is 1520. The van der Waals surface area contributed by atoms with Gasteiger partial charge < -0.3 is 14.7 Å². The van der Waals surface area contributed by atoms with Crippen LogP contribution in [0.1, 0.15) is 49.4 Å². The van der Waals surface area contributed by atoms with Crippen LogP contribution in [0, 0.1) is 0 Å². The maximum atomic E-state index is 11.7. The van der Waals surface area contributed by atoms with Crippen LogP contribution in [0.15, 0.2) is 103 Å². The minimum atomic E-state index is -0.356. The molecule has 0 saturated carbocycles. The van der Waals surface area contributed by atoms with Crippen molar-refractivity contribution >= 4 is 23.0 Å². The molecule has 1 N–H and O–H groups in total. The lowest BCUT2D eigenvalue weighted by atomic mass is 9.78. The second-order valence-corrected chi connectivity index (χ2v) is 10.8. The Morgan fingerprint density at radius 3 is 2.00 bits per heavy atom. The summed E-state index contributed by atoms with van der Waals surface area (Å²) in [5.41, 5.74) is 11.1. The zero-order valence-electron chi connectivity index (χ0n) is 23.6. The molecule has 0 amide bonds. The van der Waals surface area contributed by atoms with Gasteiger partial charge in [0.2, 0.25) is 0 Å². The molecule has 1 aliphatic rings. The summed E-state index contributed by atoms with van der Waals surface area (Å²) in [4.78, 5) is 14.0. The number of esters is 1. The monoisotopic (exact) mass is 531 g/mol. The van der Waals surface area contributed by atoms with E-state index >= 15 is 0 Å². The van der Waals surface area contributed by atoms with E-state index in [9.17, 15) is 9.90 Å². The Morgan fingerprint density at radius 1 is 0.825 bits per heavy atom. The predicted molar refractivity (Wildman–Crippen MR) is 164 cm³/mol. The van der Waals surface area contributed by atoms with Crippen molar-refractivity contribution in [2.75, 3.05) is 18.1 Å². The Labute approximate surface area is 237 Å². The van der Waals surface area contributed by atoms with Crippen molar-refractivity contribution in [3.63, 3.8) is 0 Å². The fourth-order valence-corrected chi connectivity index (χ4v) is 5.67. The smallest absolute Gasteiger partial charge is 0.333 e. The van der Waals surface area contributed by atoms with Crippen LogP contribution in [0.5, 0.6) is 0 Å². The molecule has 40 heavy (non-hydrogen) atoms. The summed E-state index contributed by atoms with van der Waals surface area (Å²) in [6, 6.07) is 32.4. The number of hydrogen-bond acceptors (Lipinski definition) is 4. The number of aliphatic hydroxyl groups excluding tert-OH is 1. The number of ether oxygens (including phenoxy) is 1. The van der Waals surface area contributed by atoms with E-state index in [1.165, 1.54) is 22.3 Å². The Morgan fingerprint density at radius 2 is 1.40 bits per heavy atom. The Hall–Kier alpha value is -4.15. The first-order valence-corrected chi connectivity index (χ1v) is 14.0. The number of anilines is 3. The molecule has 0 aliphatic heterocycles. The van der Waals surface area contributed by atoms with Gasteiger partial charge in [-0.3, -0.25) is 0 Å². The van der Waals surface area contributed by atoms with Crippen molar-refractivity contribution in [1.82, 2.24) is 0 Å². The van der Waals surface area contributed by atoms with Crippen LogP contribution in [-0.4, -0.2) is 24.3 Å². The summed E-state index contributed by atoms with van der Waals surface area (Å²) in [7, 11) is 0. The summed E-state index contributed by atoms with van der Waals surface area (Å²) < 4.78 is 5.29. The maximum absolute atomic E-state index is 11.7. The minimum Gasteiger partial charge on any atom is -0.462 e. The van der Waals surface area contributed by atoms with E-state index in [2.05, 4.69) is 116 Å². The van der Waals surface area contributed by atoms with E-state index in [1.807, 2.05) is 0 Å². The standard InChI is InChI=1S/C36H37NO3/c1-5-36(4)33-9-7-6-8-31(33)32-19-18-30(24-34(32)36)37(28-14-10-26(11-15-28)20-22-38)29-16-12-27(13-17-29)21-23-40-35(39)25(2)3/h6-19,24,38H,2,5,20-23H2,1,3-4H3. The largest absolute Gasteiger partial charge is 0.462 e. The topological polar surface area (TPSA) is 49.8 Å². The van der Waals surface area contributed by atoms with E-state index in [4.69, 9.17) is 4.74 Å². The first kappa shape index (κ1) is 27.4. The zero-order valence-corrected chi connectivity index (χ0v) is 23.6. The molecule has 5 rings (SSSR count). The Kier molecular flexibility index (Phi) is 7.90. The lowest BCUT2D eigenvalue weighted by Crippen LogP contribution is -2.20. The lowest BCUT2D eigenvalue weighted by molar-refractivity contribution is -0.138. The van der Waals surface area contributed by atoms with Crippen molar-refractivity contribution in [2.24, 2.45) is 0 Å². The third-order valence-corrected chi connectivity index (χ3v) is 8.14. The van der Waals surface area contributed by atoms with Gasteiger partial charge in [-0.15, -0.1) is 0 Å². The zero-order chi connectivity index (χ0) is 28.3. The highest BCUT2D eigenvalue weighted by Crippen LogP contribution is 2.52. The van der Waals surface area contributed by atoms with Crippen LogP contribution in [0.4, 0.5) is 17.1 Å². The normalized spacial score (nSPS) is 15.3. The van der Waals surface area contributed by atoms with E-state index < -0.39 is 0 Å². The average Bonchev–Trinajstić information content (AvgIpc) is 3.23. The first-order valence-electron chi connectivity index (χ1n) is 14.0. The van der Waals surface area contributed by atoms with Gasteiger partial charge in [0.15, 0.2) is 0 Å². The van der Waals surface area contributed by atoms with Crippen LogP contribution < -0.4 is 4.90 Å². The van der Waals surface area contributed by atoms with Gasteiger partial charge in [-0.2, -0.15) is 0 Å². The van der Waals surface area contributed by atoms with Gasteiger partial charge >= 0.3 is 5.97 Å². The first-order chi connectivity index (χ1) is 19.4. The highest BCUT2D eigenvalue weighted by Gasteiger charge is 2.38. The summed E-state index contributed by atoms with van der Waals surface area (Å²) >= 11 is 0. The lowest BCUT2D eigenvalue weighted by Gasteiger charge is -2.29. The molecule has 4 nitrogen and oxygen atoms in total. The molecule has 1 atom stereocenters. The second kappa shape index (κ2) is 11.5. The molecule has 1 aliphatic carbocycles. The minimum absolute atomic E-state index is 0.0519. The van der Waals surface area contributed by atoms with Gasteiger partial charge in [0.25, 0.3) is 0 Å². The summed E-state index contributed by atoms with van der Waals surface area (Å²) in [6.45, 7) is 10.4. The highest BCUT2D eigenvalue weighted by molar-refractivity contribution is 5.87. The van der Waals surface area contributed by atoms with E-state index in [-0.39, 0.29) is 18.0 Å². The Balaban J connectivity index is 1.52. The van der Waals surface area contributed by atoms with Gasteiger partial charge in [-0.1, -0.05) is 75.0 Å². The predicted octanol–water partition coefficient (Wildman–Crippen LogP) is 8.05. The van der Waals surface area contributed by atoms with Crippen LogP contribution in [-0.2, 0) is 27.8 Å². The number of nitrogens with zero attached hydrogens (tertiary/aromatic N) is 1. The number of carbonyl (C=O) groups is 1. The molecular formula is C36H37NO3. The van der Waals surface area contributed by atoms with E-state index in [0.29, 0.717) is 25.0 Å². The number of fused-ring (bicyclic) bond motifs is 3. The summed E-state index contributed by atoms with van der Waals surface area (Å²) in [5, 5.41) is 9.39. The fourth-order valence-electron chi connectivity index (χ4n) is 5.67. The van der Waals surface area contributed by atoms with Crippen molar-refractivity contribution in [3.8, 4) is 11.1 Å². The molecule has 204 valence electrons. The number of rotatable bonds is 10. The SMILES string of the molecule is C=C(C)C(=O)OCCc1ccc(N(c2ccc(CCO)cc2)c2ccc3c(c2)C(C)(CC)c2ccccc2-3)cc1. The molecule has 4 aromatic rings. The van der Waals surface area contributed by atoms with Gasteiger partial charge in [0.1, 0.15) is 0 Å². The van der Waals surface area contributed by atoms with Crippen molar-refractivity contribution < 1.29 is 14.6 Å². The molecular weight excluding hydrogens is 494 g/mol. The van der Waals surface area contributed by atoms with Gasteiger partial charge in [-0.05, 0) is 89.5 Å². The number of carbonyl (C=O) groups excluding carboxylic acids is 1. The van der Waals surface area contributed by atoms with E-state index in [0.717, 1.165) is 34.6 Å². The highest BCUT2D eigenvalue weighted by atomic mass is 16.5. The van der Waals surface area contributed by atoms with Crippen molar-refractivity contribution in [1.29, 1.82) is 0 Å². The molecule has 4 heteroatoms.